The van der Waals surface area contributed by atoms with Crippen LogP contribution in [0.15, 0.2) is 4.99 Å². The molecule has 0 saturated carbocycles. The molecule has 0 unspecified atom stereocenters. The Morgan fingerprint density at radius 2 is 1.67 bits per heavy atom. The van der Waals surface area contributed by atoms with Gasteiger partial charge in [0.25, 0.3) is 0 Å². The van der Waals surface area contributed by atoms with Gasteiger partial charge in [-0.2, -0.15) is 12.6 Å². The SMILES string of the molecule is CC(=O)NCCCCCCNC(=O)OCCN=C(C)CS. The van der Waals surface area contributed by atoms with Crippen molar-refractivity contribution in [2.24, 2.45) is 4.99 Å². The highest BCUT2D eigenvalue weighted by Crippen LogP contribution is 1.97. The van der Waals surface area contributed by atoms with E-state index in [0.29, 0.717) is 18.8 Å². The minimum Gasteiger partial charge on any atom is -0.448 e. The van der Waals surface area contributed by atoms with Crippen molar-refractivity contribution in [3.63, 3.8) is 0 Å². The summed E-state index contributed by atoms with van der Waals surface area (Å²) < 4.78 is 4.98. The van der Waals surface area contributed by atoms with Gasteiger partial charge >= 0.3 is 6.09 Å². The summed E-state index contributed by atoms with van der Waals surface area (Å²) in [7, 11) is 0. The lowest BCUT2D eigenvalue weighted by molar-refractivity contribution is -0.118. The first kappa shape index (κ1) is 19.8. The van der Waals surface area contributed by atoms with Gasteiger partial charge in [0.05, 0.1) is 6.54 Å². The highest BCUT2D eigenvalue weighted by atomic mass is 32.1. The van der Waals surface area contributed by atoms with Crippen LogP contribution >= 0.6 is 12.6 Å². The van der Waals surface area contributed by atoms with Gasteiger partial charge in [-0.05, 0) is 19.8 Å². The molecule has 0 aromatic rings. The lowest BCUT2D eigenvalue weighted by atomic mass is 10.2. The molecule has 2 N–H and O–H groups in total. The average molecular weight is 317 g/mol. The Morgan fingerprint density at radius 3 is 2.24 bits per heavy atom. The van der Waals surface area contributed by atoms with E-state index in [1.807, 2.05) is 6.92 Å². The van der Waals surface area contributed by atoms with Gasteiger partial charge in [-0.25, -0.2) is 4.79 Å². The first-order valence-corrected chi connectivity index (χ1v) is 7.95. The Hall–Kier alpha value is -1.24. The Bertz CT molecular complexity index is 335. The summed E-state index contributed by atoms with van der Waals surface area (Å²) in [5, 5.41) is 5.45. The second-order valence-corrected chi connectivity index (χ2v) is 5.05. The highest BCUT2D eigenvalue weighted by molar-refractivity contribution is 7.81. The molecule has 0 radical (unpaired) electrons. The van der Waals surface area contributed by atoms with Crippen molar-refractivity contribution in [3.8, 4) is 0 Å². The molecule has 0 atom stereocenters. The Morgan fingerprint density at radius 1 is 1.05 bits per heavy atom. The largest absolute Gasteiger partial charge is 0.448 e. The number of nitrogens with one attached hydrogen (secondary N) is 2. The second-order valence-electron chi connectivity index (χ2n) is 4.73. The molecule has 0 fully saturated rings. The van der Waals surface area contributed by atoms with Crippen LogP contribution in [0.5, 0.6) is 0 Å². The smallest absolute Gasteiger partial charge is 0.407 e. The summed E-state index contributed by atoms with van der Waals surface area (Å²) in [5.41, 5.74) is 0.932. The van der Waals surface area contributed by atoms with Gasteiger partial charge in [-0.1, -0.05) is 12.8 Å². The molecule has 0 rings (SSSR count). The monoisotopic (exact) mass is 317 g/mol. The summed E-state index contributed by atoms with van der Waals surface area (Å²) in [6.45, 7) is 5.49. The number of amides is 2. The van der Waals surface area contributed by atoms with Gasteiger partial charge in [-0.3, -0.25) is 9.79 Å². The fraction of sp³-hybridized carbons (Fsp3) is 0.786. The highest BCUT2D eigenvalue weighted by Gasteiger charge is 2.00. The maximum absolute atomic E-state index is 11.3. The van der Waals surface area contributed by atoms with Gasteiger partial charge in [0.1, 0.15) is 6.61 Å². The molecule has 6 nitrogen and oxygen atoms in total. The van der Waals surface area contributed by atoms with E-state index in [9.17, 15) is 9.59 Å². The molecule has 0 heterocycles. The second kappa shape index (κ2) is 13.7. The van der Waals surface area contributed by atoms with E-state index >= 15 is 0 Å². The zero-order valence-electron chi connectivity index (χ0n) is 13.0. The van der Waals surface area contributed by atoms with Crippen molar-refractivity contribution < 1.29 is 14.3 Å². The number of thiol groups is 1. The van der Waals surface area contributed by atoms with E-state index in [2.05, 4.69) is 28.3 Å². The van der Waals surface area contributed by atoms with Crippen LogP contribution in [0.3, 0.4) is 0 Å². The molecule has 0 aliphatic carbocycles. The topological polar surface area (TPSA) is 79.8 Å². The first-order chi connectivity index (χ1) is 10.1. The predicted octanol–water partition coefficient (Wildman–Crippen LogP) is 1.80. The van der Waals surface area contributed by atoms with Crippen LogP contribution in [0.2, 0.25) is 0 Å². The number of alkyl carbamates (subject to hydrolysis) is 1. The van der Waals surface area contributed by atoms with E-state index in [1.165, 1.54) is 6.92 Å². The van der Waals surface area contributed by atoms with Gasteiger partial charge in [-0.15, -0.1) is 0 Å². The number of carbonyl (C=O) groups excluding carboxylic acids is 2. The van der Waals surface area contributed by atoms with Crippen molar-refractivity contribution in [1.82, 2.24) is 10.6 Å². The molecule has 0 bridgehead atoms. The van der Waals surface area contributed by atoms with E-state index in [0.717, 1.165) is 37.9 Å². The van der Waals surface area contributed by atoms with Crippen LogP contribution in [0.4, 0.5) is 4.79 Å². The summed E-state index contributed by atoms with van der Waals surface area (Å²) in [4.78, 5) is 26.1. The number of hydrogen-bond donors (Lipinski definition) is 3. The van der Waals surface area contributed by atoms with Gasteiger partial charge < -0.3 is 15.4 Å². The molecule has 2 amide bonds. The number of hydrogen-bond acceptors (Lipinski definition) is 5. The van der Waals surface area contributed by atoms with E-state index in [-0.39, 0.29) is 12.5 Å². The van der Waals surface area contributed by atoms with E-state index in [4.69, 9.17) is 4.74 Å². The Balaban J connectivity index is 3.32. The van der Waals surface area contributed by atoms with Gasteiger partial charge in [0.15, 0.2) is 0 Å². The lowest BCUT2D eigenvalue weighted by Crippen LogP contribution is -2.26. The Kier molecular flexibility index (Phi) is 12.9. The predicted molar refractivity (Wildman–Crippen MR) is 88.3 cm³/mol. The summed E-state index contributed by atoms with van der Waals surface area (Å²) in [6, 6.07) is 0. The standard InChI is InChI=1S/C14H27N3O3S/c1-12(11-21)15-9-10-20-14(19)17-8-6-4-3-5-7-16-13(2)18/h21H,3-11H2,1-2H3,(H,16,18)(H,17,19). The van der Waals surface area contributed by atoms with Crippen molar-refractivity contribution in [2.45, 2.75) is 39.5 Å². The Labute approximate surface area is 132 Å². The van der Waals surface area contributed by atoms with E-state index in [1.54, 1.807) is 0 Å². The third-order valence-electron chi connectivity index (χ3n) is 2.68. The molecular formula is C14H27N3O3S. The molecule has 122 valence electrons. The normalized spacial score (nSPS) is 11.1. The first-order valence-electron chi connectivity index (χ1n) is 7.32. The molecule has 0 aromatic carbocycles. The summed E-state index contributed by atoms with van der Waals surface area (Å²) in [6.07, 6.45) is 3.53. The van der Waals surface area contributed by atoms with Crippen molar-refractivity contribution in [1.29, 1.82) is 0 Å². The molecule has 0 aliphatic rings. The number of unbranched alkanes of at least 4 members (excludes halogenated alkanes) is 3. The van der Waals surface area contributed by atoms with Crippen LogP contribution < -0.4 is 10.6 Å². The molecular weight excluding hydrogens is 290 g/mol. The molecule has 7 heteroatoms. The number of rotatable bonds is 11. The maximum Gasteiger partial charge on any atom is 0.407 e. The summed E-state index contributed by atoms with van der Waals surface area (Å²) in [5.74, 6) is 0.627. The van der Waals surface area contributed by atoms with Crippen LogP contribution in [-0.4, -0.2) is 49.7 Å². The average Bonchev–Trinajstić information content (AvgIpc) is 2.45. The number of aliphatic imine (C=N–C) groups is 1. The molecule has 21 heavy (non-hydrogen) atoms. The fourth-order valence-corrected chi connectivity index (χ4v) is 1.63. The number of nitrogens with zero attached hydrogens (tertiary/aromatic N) is 1. The van der Waals surface area contributed by atoms with Crippen LogP contribution in [0, 0.1) is 0 Å². The lowest BCUT2D eigenvalue weighted by Gasteiger charge is -2.06. The fourth-order valence-electron chi connectivity index (χ4n) is 1.53. The summed E-state index contributed by atoms with van der Waals surface area (Å²) >= 11 is 4.08. The van der Waals surface area contributed by atoms with Crippen LogP contribution in [-0.2, 0) is 9.53 Å². The van der Waals surface area contributed by atoms with Gasteiger partial charge in [0, 0.05) is 31.5 Å². The van der Waals surface area contributed by atoms with Crippen LogP contribution in [0.25, 0.3) is 0 Å². The number of carbonyl (C=O) groups is 2. The van der Waals surface area contributed by atoms with Gasteiger partial charge in [0.2, 0.25) is 5.91 Å². The maximum atomic E-state index is 11.3. The van der Waals surface area contributed by atoms with Crippen molar-refractivity contribution >= 4 is 30.3 Å². The van der Waals surface area contributed by atoms with Crippen molar-refractivity contribution in [3.05, 3.63) is 0 Å². The quantitative estimate of drug-likeness (QED) is 0.309. The molecule has 0 saturated heterocycles. The van der Waals surface area contributed by atoms with Crippen LogP contribution in [0.1, 0.15) is 39.5 Å². The zero-order chi connectivity index (χ0) is 15.9. The third-order valence-corrected chi connectivity index (χ3v) is 3.14. The minimum atomic E-state index is -0.396. The number of ether oxygens (including phenoxy) is 1. The third kappa shape index (κ3) is 15.0. The zero-order valence-corrected chi connectivity index (χ0v) is 13.9. The minimum absolute atomic E-state index is 0.00769. The molecule has 0 aliphatic heterocycles. The van der Waals surface area contributed by atoms with Crippen molar-refractivity contribution in [2.75, 3.05) is 32.0 Å². The molecule has 0 aromatic heterocycles. The van der Waals surface area contributed by atoms with E-state index < -0.39 is 6.09 Å². The molecule has 0 spiro atoms.